The number of nitrogens with two attached hydrogens (primary N) is 1. The maximum Gasteiger partial charge on any atom is 0.224 e. The van der Waals surface area contributed by atoms with E-state index in [0.717, 1.165) is 12.1 Å². The topological polar surface area (TPSA) is 55.1 Å². The minimum Gasteiger partial charge on any atom is -0.399 e. The molecule has 0 unspecified atom stereocenters. The van der Waals surface area contributed by atoms with E-state index >= 15 is 0 Å². The first-order chi connectivity index (χ1) is 8.63. The summed E-state index contributed by atoms with van der Waals surface area (Å²) in [7, 11) is 0. The van der Waals surface area contributed by atoms with E-state index < -0.39 is 0 Å². The average molecular weight is 246 g/mol. The molecular formula is C15H22N2O. The number of nitrogens with one attached hydrogen (secondary N) is 1. The summed E-state index contributed by atoms with van der Waals surface area (Å²) in [6, 6.07) is 7.52. The molecule has 1 aromatic carbocycles. The van der Waals surface area contributed by atoms with Crippen molar-refractivity contribution in [3.63, 3.8) is 0 Å². The molecule has 3 nitrogen and oxygen atoms in total. The standard InChI is InChI=1S/C15H22N2O/c1-2-6-15(7-8-15)11-17-14(18)10-12-4-3-5-13(16)9-12/h3-5,9H,2,6-8,10-11,16H2,1H3,(H,17,18). The normalized spacial score (nSPS) is 16.3. The average Bonchev–Trinajstić information content (AvgIpc) is 3.08. The molecule has 1 saturated carbocycles. The minimum atomic E-state index is 0.1000. The van der Waals surface area contributed by atoms with Crippen LogP contribution in [0.4, 0.5) is 5.69 Å². The molecule has 2 rings (SSSR count). The smallest absolute Gasteiger partial charge is 0.224 e. The SMILES string of the molecule is CCCC1(CNC(=O)Cc2cccc(N)c2)CC1. The lowest BCUT2D eigenvalue weighted by molar-refractivity contribution is -0.120. The van der Waals surface area contributed by atoms with Crippen molar-refractivity contribution >= 4 is 11.6 Å². The number of amides is 1. The van der Waals surface area contributed by atoms with E-state index in [0.29, 0.717) is 17.5 Å². The van der Waals surface area contributed by atoms with Crippen molar-refractivity contribution in [2.45, 2.75) is 39.0 Å². The van der Waals surface area contributed by atoms with Crippen molar-refractivity contribution in [1.29, 1.82) is 0 Å². The lowest BCUT2D eigenvalue weighted by Gasteiger charge is -2.14. The number of hydrogen-bond donors (Lipinski definition) is 2. The first-order valence-electron chi connectivity index (χ1n) is 6.75. The molecule has 0 radical (unpaired) electrons. The number of rotatable bonds is 6. The molecule has 3 heteroatoms. The Balaban J connectivity index is 1.79. The van der Waals surface area contributed by atoms with E-state index in [9.17, 15) is 4.79 Å². The van der Waals surface area contributed by atoms with Gasteiger partial charge in [0.25, 0.3) is 0 Å². The van der Waals surface area contributed by atoms with Gasteiger partial charge in [0, 0.05) is 12.2 Å². The molecule has 1 aliphatic rings. The summed E-state index contributed by atoms with van der Waals surface area (Å²) in [6.45, 7) is 3.04. The largest absolute Gasteiger partial charge is 0.399 e. The molecule has 0 heterocycles. The first kappa shape index (κ1) is 12.9. The Morgan fingerprint density at radius 2 is 2.22 bits per heavy atom. The van der Waals surface area contributed by atoms with Crippen molar-refractivity contribution < 1.29 is 4.79 Å². The molecule has 0 aromatic heterocycles. The van der Waals surface area contributed by atoms with Gasteiger partial charge >= 0.3 is 0 Å². The Hall–Kier alpha value is -1.51. The molecule has 18 heavy (non-hydrogen) atoms. The second kappa shape index (κ2) is 5.42. The van der Waals surface area contributed by atoms with E-state index in [-0.39, 0.29) is 5.91 Å². The van der Waals surface area contributed by atoms with Gasteiger partial charge in [-0.3, -0.25) is 4.79 Å². The summed E-state index contributed by atoms with van der Waals surface area (Å²) in [4.78, 5) is 11.9. The molecule has 1 amide bonds. The van der Waals surface area contributed by atoms with Gasteiger partial charge in [-0.05, 0) is 42.4 Å². The van der Waals surface area contributed by atoms with Gasteiger partial charge < -0.3 is 11.1 Å². The highest BCUT2D eigenvalue weighted by Gasteiger charge is 2.41. The molecule has 0 aliphatic heterocycles. The van der Waals surface area contributed by atoms with Gasteiger partial charge in [-0.1, -0.05) is 25.5 Å². The third kappa shape index (κ3) is 3.49. The van der Waals surface area contributed by atoms with E-state index in [1.807, 2.05) is 24.3 Å². The number of benzene rings is 1. The van der Waals surface area contributed by atoms with Crippen LogP contribution in [0, 0.1) is 5.41 Å². The second-order valence-corrected chi connectivity index (χ2v) is 5.45. The molecule has 0 bridgehead atoms. The van der Waals surface area contributed by atoms with Gasteiger partial charge in [0.1, 0.15) is 0 Å². The van der Waals surface area contributed by atoms with Crippen molar-refractivity contribution in [1.82, 2.24) is 5.32 Å². The Morgan fingerprint density at radius 1 is 1.44 bits per heavy atom. The van der Waals surface area contributed by atoms with Crippen molar-refractivity contribution in [3.8, 4) is 0 Å². The number of nitrogen functional groups attached to an aromatic ring is 1. The summed E-state index contributed by atoms with van der Waals surface area (Å²) >= 11 is 0. The highest BCUT2D eigenvalue weighted by atomic mass is 16.1. The fourth-order valence-corrected chi connectivity index (χ4v) is 2.46. The number of hydrogen-bond acceptors (Lipinski definition) is 2. The zero-order valence-electron chi connectivity index (χ0n) is 11.0. The van der Waals surface area contributed by atoms with Crippen LogP contribution in [0.5, 0.6) is 0 Å². The Labute approximate surface area is 109 Å². The molecule has 0 saturated heterocycles. The Morgan fingerprint density at radius 3 is 2.83 bits per heavy atom. The quantitative estimate of drug-likeness (QED) is 0.758. The lowest BCUT2D eigenvalue weighted by atomic mass is 10.0. The molecule has 3 N–H and O–H groups in total. The summed E-state index contributed by atoms with van der Waals surface area (Å²) in [6.07, 6.45) is 5.38. The second-order valence-electron chi connectivity index (χ2n) is 5.45. The van der Waals surface area contributed by atoms with Gasteiger partial charge in [0.05, 0.1) is 6.42 Å². The van der Waals surface area contributed by atoms with Crippen LogP contribution in [0.2, 0.25) is 0 Å². The Bertz CT molecular complexity index is 424. The third-order valence-corrected chi connectivity index (χ3v) is 3.71. The molecule has 98 valence electrons. The monoisotopic (exact) mass is 246 g/mol. The summed E-state index contributed by atoms with van der Waals surface area (Å²) in [5.74, 6) is 0.1000. The zero-order valence-corrected chi connectivity index (χ0v) is 11.0. The van der Waals surface area contributed by atoms with Crippen LogP contribution in [0.25, 0.3) is 0 Å². The molecule has 1 aliphatic carbocycles. The van der Waals surface area contributed by atoms with E-state index in [1.54, 1.807) is 0 Å². The number of anilines is 1. The first-order valence-corrected chi connectivity index (χ1v) is 6.75. The van der Waals surface area contributed by atoms with Crippen LogP contribution in [-0.2, 0) is 11.2 Å². The molecule has 1 fully saturated rings. The van der Waals surface area contributed by atoms with Crippen LogP contribution in [0.3, 0.4) is 0 Å². The van der Waals surface area contributed by atoms with Gasteiger partial charge in [-0.25, -0.2) is 0 Å². The fraction of sp³-hybridized carbons (Fsp3) is 0.533. The number of carbonyl (C=O) groups excluding carboxylic acids is 1. The van der Waals surface area contributed by atoms with Crippen LogP contribution < -0.4 is 11.1 Å². The molecular weight excluding hydrogens is 224 g/mol. The predicted molar refractivity (Wildman–Crippen MR) is 74.1 cm³/mol. The maximum absolute atomic E-state index is 11.9. The summed E-state index contributed by atoms with van der Waals surface area (Å²) in [5.41, 5.74) is 7.80. The van der Waals surface area contributed by atoms with Crippen LogP contribution >= 0.6 is 0 Å². The highest BCUT2D eigenvalue weighted by Crippen LogP contribution is 2.48. The van der Waals surface area contributed by atoms with Crippen molar-refractivity contribution in [3.05, 3.63) is 29.8 Å². The summed E-state index contributed by atoms with van der Waals surface area (Å²) < 4.78 is 0. The predicted octanol–water partition coefficient (Wildman–Crippen LogP) is 2.51. The van der Waals surface area contributed by atoms with Gasteiger partial charge in [-0.15, -0.1) is 0 Å². The van der Waals surface area contributed by atoms with E-state index in [1.165, 1.54) is 25.7 Å². The van der Waals surface area contributed by atoms with E-state index in [4.69, 9.17) is 5.73 Å². The van der Waals surface area contributed by atoms with Crippen LogP contribution in [-0.4, -0.2) is 12.5 Å². The van der Waals surface area contributed by atoms with Crippen LogP contribution in [0.15, 0.2) is 24.3 Å². The van der Waals surface area contributed by atoms with Gasteiger partial charge in [0.2, 0.25) is 5.91 Å². The van der Waals surface area contributed by atoms with E-state index in [2.05, 4.69) is 12.2 Å². The third-order valence-electron chi connectivity index (χ3n) is 3.71. The summed E-state index contributed by atoms with van der Waals surface area (Å²) in [5, 5.41) is 3.06. The highest BCUT2D eigenvalue weighted by molar-refractivity contribution is 5.78. The molecule has 1 aromatic rings. The fourth-order valence-electron chi connectivity index (χ4n) is 2.46. The van der Waals surface area contributed by atoms with Crippen LogP contribution in [0.1, 0.15) is 38.2 Å². The number of carbonyl (C=O) groups is 1. The van der Waals surface area contributed by atoms with Gasteiger partial charge in [0.15, 0.2) is 0 Å². The van der Waals surface area contributed by atoms with Gasteiger partial charge in [-0.2, -0.15) is 0 Å². The maximum atomic E-state index is 11.9. The molecule has 0 spiro atoms. The van der Waals surface area contributed by atoms with Crippen molar-refractivity contribution in [2.75, 3.05) is 12.3 Å². The Kier molecular flexibility index (Phi) is 3.90. The van der Waals surface area contributed by atoms with Crippen molar-refractivity contribution in [2.24, 2.45) is 5.41 Å². The lowest BCUT2D eigenvalue weighted by Crippen LogP contribution is -2.31. The zero-order chi connectivity index (χ0) is 13.0. The minimum absolute atomic E-state index is 0.1000. The molecule has 0 atom stereocenters.